The number of nitrogens with two attached hydrogens (primary N) is 1. The molecule has 1 heterocycles. The Morgan fingerprint density at radius 1 is 1.53 bits per heavy atom. The van der Waals surface area contributed by atoms with E-state index in [1.54, 1.807) is 18.2 Å². The van der Waals surface area contributed by atoms with Crippen LogP contribution in [0.15, 0.2) is 29.2 Å². The predicted octanol–water partition coefficient (Wildman–Crippen LogP) is 0.991. The zero-order chi connectivity index (χ0) is 14.1. The highest BCUT2D eigenvalue weighted by atomic mass is 32.2. The lowest BCUT2D eigenvalue weighted by molar-refractivity contribution is 0.0957. The van der Waals surface area contributed by atoms with Gasteiger partial charge < -0.3 is 10.5 Å². The van der Waals surface area contributed by atoms with Crippen molar-refractivity contribution in [1.29, 1.82) is 0 Å². The minimum atomic E-state index is -3.55. The van der Waals surface area contributed by atoms with E-state index in [0.717, 1.165) is 5.56 Å². The minimum absolute atomic E-state index is 0.139. The normalized spacial score (nSPS) is 27.6. The average molecular weight is 284 g/mol. The Kier molecular flexibility index (Phi) is 3.96. The van der Waals surface area contributed by atoms with Crippen LogP contribution in [0.2, 0.25) is 0 Å². The topological polar surface area (TPSA) is 81.4 Å². The molecule has 1 fully saturated rings. The zero-order valence-corrected chi connectivity index (χ0v) is 12.0. The molecule has 0 bridgehead atoms. The van der Waals surface area contributed by atoms with Crippen LogP contribution in [0.4, 0.5) is 0 Å². The van der Waals surface area contributed by atoms with Crippen molar-refractivity contribution in [2.24, 2.45) is 5.73 Å². The number of rotatable bonds is 4. The van der Waals surface area contributed by atoms with E-state index >= 15 is 0 Å². The van der Waals surface area contributed by atoms with Gasteiger partial charge in [0.25, 0.3) is 0 Å². The van der Waals surface area contributed by atoms with Crippen molar-refractivity contribution in [3.05, 3.63) is 29.8 Å². The summed E-state index contributed by atoms with van der Waals surface area (Å²) >= 11 is 0. The monoisotopic (exact) mass is 284 g/mol. The maximum atomic E-state index is 12.4. The molecular weight excluding hydrogens is 264 g/mol. The first-order valence-corrected chi connectivity index (χ1v) is 7.80. The fourth-order valence-corrected chi connectivity index (χ4v) is 3.74. The molecule has 106 valence electrons. The second-order valence-electron chi connectivity index (χ2n) is 5.14. The van der Waals surface area contributed by atoms with Crippen molar-refractivity contribution in [1.82, 2.24) is 4.72 Å². The molecule has 0 amide bonds. The smallest absolute Gasteiger partial charge is 0.241 e. The van der Waals surface area contributed by atoms with E-state index in [1.807, 2.05) is 19.9 Å². The molecule has 2 rings (SSSR count). The Labute approximate surface area is 114 Å². The molecule has 2 atom stereocenters. The lowest BCUT2D eigenvalue weighted by Gasteiger charge is -2.28. The third kappa shape index (κ3) is 2.97. The van der Waals surface area contributed by atoms with Crippen LogP contribution < -0.4 is 10.5 Å². The molecule has 1 saturated heterocycles. The molecule has 3 N–H and O–H groups in total. The molecule has 0 saturated carbocycles. The summed E-state index contributed by atoms with van der Waals surface area (Å²) in [7, 11) is -3.55. The molecule has 1 aromatic carbocycles. The summed E-state index contributed by atoms with van der Waals surface area (Å²) in [5, 5.41) is 0. The molecule has 5 nitrogen and oxygen atoms in total. The Bertz CT molecular complexity index is 559. The fourth-order valence-electron chi connectivity index (χ4n) is 2.17. The van der Waals surface area contributed by atoms with Crippen molar-refractivity contribution >= 4 is 10.0 Å². The van der Waals surface area contributed by atoms with Crippen molar-refractivity contribution in [3.63, 3.8) is 0 Å². The van der Waals surface area contributed by atoms with Crippen molar-refractivity contribution in [2.75, 3.05) is 6.61 Å². The van der Waals surface area contributed by atoms with Crippen LogP contribution in [-0.2, 0) is 21.3 Å². The second kappa shape index (κ2) is 5.20. The number of benzene rings is 1. The van der Waals surface area contributed by atoms with Crippen LogP contribution in [0.25, 0.3) is 0 Å². The van der Waals surface area contributed by atoms with Crippen LogP contribution in [0, 0.1) is 0 Å². The molecular formula is C13H20N2O3S. The fraction of sp³-hybridized carbons (Fsp3) is 0.538. The van der Waals surface area contributed by atoms with E-state index in [1.165, 1.54) is 0 Å². The molecule has 1 aliphatic heterocycles. The molecule has 0 spiro atoms. The van der Waals surface area contributed by atoms with Gasteiger partial charge >= 0.3 is 0 Å². The highest BCUT2D eigenvalue weighted by molar-refractivity contribution is 7.89. The Hall–Kier alpha value is -0.950. The summed E-state index contributed by atoms with van der Waals surface area (Å²) in [4.78, 5) is 0.246. The van der Waals surface area contributed by atoms with Crippen LogP contribution in [-0.4, -0.2) is 26.7 Å². The molecule has 6 heteroatoms. The number of ether oxygens (including phenoxy) is 1. The van der Waals surface area contributed by atoms with Crippen LogP contribution in [0.5, 0.6) is 0 Å². The van der Waals surface area contributed by atoms with Crippen LogP contribution in [0.3, 0.4) is 0 Å². The molecule has 1 aliphatic rings. The summed E-state index contributed by atoms with van der Waals surface area (Å²) in [5.41, 5.74) is 5.78. The van der Waals surface area contributed by atoms with Gasteiger partial charge in [-0.2, -0.15) is 0 Å². The van der Waals surface area contributed by atoms with E-state index in [2.05, 4.69) is 4.72 Å². The first-order chi connectivity index (χ1) is 8.87. The summed E-state index contributed by atoms with van der Waals surface area (Å²) in [6.07, 6.45) is 0.532. The van der Waals surface area contributed by atoms with Crippen molar-refractivity contribution in [3.8, 4) is 0 Å². The van der Waals surface area contributed by atoms with Gasteiger partial charge in [0.1, 0.15) is 0 Å². The van der Waals surface area contributed by atoms with Crippen molar-refractivity contribution in [2.45, 2.75) is 43.4 Å². The number of nitrogens with one attached hydrogen (secondary N) is 1. The van der Waals surface area contributed by atoms with E-state index in [9.17, 15) is 8.42 Å². The SMILES string of the molecule is CC1OCCC1(C)NS(=O)(=O)c1cccc(CN)c1. The number of sulfonamides is 1. The highest BCUT2D eigenvalue weighted by Crippen LogP contribution is 2.27. The molecule has 0 aromatic heterocycles. The quantitative estimate of drug-likeness (QED) is 0.864. The first kappa shape index (κ1) is 14.5. The van der Waals surface area contributed by atoms with Gasteiger partial charge in [0.15, 0.2) is 0 Å². The van der Waals surface area contributed by atoms with Gasteiger partial charge in [-0.3, -0.25) is 0 Å². The predicted molar refractivity (Wildman–Crippen MR) is 73.1 cm³/mol. The molecule has 1 aromatic rings. The van der Waals surface area contributed by atoms with Gasteiger partial charge in [-0.1, -0.05) is 12.1 Å². The third-order valence-corrected chi connectivity index (χ3v) is 5.31. The van der Waals surface area contributed by atoms with Gasteiger partial charge in [-0.15, -0.1) is 0 Å². The van der Waals surface area contributed by atoms with E-state index < -0.39 is 15.6 Å². The Balaban J connectivity index is 2.27. The van der Waals surface area contributed by atoms with Gasteiger partial charge in [0, 0.05) is 13.2 Å². The summed E-state index contributed by atoms with van der Waals surface area (Å²) in [6, 6.07) is 6.69. The minimum Gasteiger partial charge on any atom is -0.376 e. The second-order valence-corrected chi connectivity index (χ2v) is 6.82. The summed E-state index contributed by atoms with van der Waals surface area (Å²) in [6.45, 7) is 4.64. The van der Waals surface area contributed by atoms with Gasteiger partial charge in [0.2, 0.25) is 10.0 Å². The maximum absolute atomic E-state index is 12.4. The molecule has 0 radical (unpaired) electrons. The van der Waals surface area contributed by atoms with Crippen molar-refractivity contribution < 1.29 is 13.2 Å². The first-order valence-electron chi connectivity index (χ1n) is 6.32. The molecule has 2 unspecified atom stereocenters. The summed E-state index contributed by atoms with van der Waals surface area (Å²) in [5.74, 6) is 0. The largest absolute Gasteiger partial charge is 0.376 e. The third-order valence-electron chi connectivity index (χ3n) is 3.70. The van der Waals surface area contributed by atoms with E-state index in [0.29, 0.717) is 19.6 Å². The highest BCUT2D eigenvalue weighted by Gasteiger charge is 2.40. The van der Waals surface area contributed by atoms with E-state index in [-0.39, 0.29) is 11.0 Å². The Morgan fingerprint density at radius 2 is 2.26 bits per heavy atom. The molecule has 19 heavy (non-hydrogen) atoms. The zero-order valence-electron chi connectivity index (χ0n) is 11.2. The summed E-state index contributed by atoms with van der Waals surface area (Å²) < 4.78 is 33.0. The number of hydrogen-bond donors (Lipinski definition) is 2. The van der Waals surface area contributed by atoms with Gasteiger partial charge in [-0.25, -0.2) is 13.1 Å². The van der Waals surface area contributed by atoms with Gasteiger partial charge in [0.05, 0.1) is 16.5 Å². The van der Waals surface area contributed by atoms with Crippen LogP contribution >= 0.6 is 0 Å². The number of hydrogen-bond acceptors (Lipinski definition) is 4. The lowest BCUT2D eigenvalue weighted by atomic mass is 9.97. The molecule has 0 aliphatic carbocycles. The van der Waals surface area contributed by atoms with Crippen LogP contribution in [0.1, 0.15) is 25.8 Å². The van der Waals surface area contributed by atoms with E-state index in [4.69, 9.17) is 10.5 Å². The maximum Gasteiger partial charge on any atom is 0.241 e. The standard InChI is InChI=1S/C13H20N2O3S/c1-10-13(2,6-7-18-10)15-19(16,17)12-5-3-4-11(8-12)9-14/h3-5,8,10,15H,6-7,9,14H2,1-2H3. The lowest BCUT2D eigenvalue weighted by Crippen LogP contribution is -2.50. The average Bonchev–Trinajstić information content (AvgIpc) is 2.68. The van der Waals surface area contributed by atoms with Gasteiger partial charge in [-0.05, 0) is 38.0 Å². The Morgan fingerprint density at radius 3 is 2.84 bits per heavy atom.